The summed E-state index contributed by atoms with van der Waals surface area (Å²) in [5.74, 6) is 0.375. The van der Waals surface area contributed by atoms with E-state index >= 15 is 0 Å². The number of benzene rings is 2. The molecule has 0 spiro atoms. The van der Waals surface area contributed by atoms with Crippen molar-refractivity contribution in [3.63, 3.8) is 0 Å². The number of ether oxygens (including phenoxy) is 1. The number of halogens is 1. The standard InChI is InChI=1S/C20H17ClN2O4S/c1-27-19-7-3-2-5-14(19)12-22(13-16-6-4-10-28-16)20(24)17-9-8-15(23(25)26)11-18(17)21/h2-11H,12-13H2,1H3. The number of nitrogens with zero attached hydrogens (tertiary/aromatic N) is 2. The summed E-state index contributed by atoms with van der Waals surface area (Å²) < 4.78 is 5.40. The van der Waals surface area contributed by atoms with Crippen molar-refractivity contribution < 1.29 is 14.5 Å². The molecule has 0 aliphatic rings. The highest BCUT2D eigenvalue weighted by Crippen LogP contribution is 2.27. The summed E-state index contributed by atoms with van der Waals surface area (Å²) in [4.78, 5) is 26.3. The Morgan fingerprint density at radius 1 is 1.18 bits per heavy atom. The normalized spacial score (nSPS) is 10.5. The Morgan fingerprint density at radius 2 is 1.96 bits per heavy atom. The van der Waals surface area contributed by atoms with Crippen molar-refractivity contribution in [2.75, 3.05) is 7.11 Å². The van der Waals surface area contributed by atoms with Crippen LogP contribution in [0.15, 0.2) is 60.0 Å². The van der Waals surface area contributed by atoms with E-state index in [9.17, 15) is 14.9 Å². The maximum atomic E-state index is 13.2. The number of non-ortho nitro benzene ring substituents is 1. The first-order chi connectivity index (χ1) is 13.5. The van der Waals surface area contributed by atoms with E-state index in [1.165, 1.54) is 18.2 Å². The first-order valence-electron chi connectivity index (χ1n) is 8.37. The van der Waals surface area contributed by atoms with Crippen molar-refractivity contribution in [3.8, 4) is 5.75 Å². The van der Waals surface area contributed by atoms with Gasteiger partial charge >= 0.3 is 0 Å². The Kier molecular flexibility index (Phi) is 6.28. The third-order valence-electron chi connectivity index (χ3n) is 4.16. The highest BCUT2D eigenvalue weighted by molar-refractivity contribution is 7.09. The molecule has 0 saturated heterocycles. The average molecular weight is 417 g/mol. The molecule has 6 nitrogen and oxygen atoms in total. The zero-order valence-corrected chi connectivity index (χ0v) is 16.6. The molecule has 0 atom stereocenters. The van der Waals surface area contributed by atoms with Crippen LogP contribution in [0.25, 0.3) is 0 Å². The largest absolute Gasteiger partial charge is 0.496 e. The molecule has 2 aromatic carbocycles. The fourth-order valence-electron chi connectivity index (χ4n) is 2.79. The Labute approximate surface area is 171 Å². The SMILES string of the molecule is COc1ccccc1CN(Cc1cccs1)C(=O)c1ccc([N+](=O)[O-])cc1Cl. The molecule has 1 amide bonds. The van der Waals surface area contributed by atoms with Crippen molar-refractivity contribution >= 4 is 34.5 Å². The molecule has 0 fully saturated rings. The Bertz CT molecular complexity index is 992. The lowest BCUT2D eigenvalue weighted by atomic mass is 10.1. The molecular weight excluding hydrogens is 400 g/mol. The first kappa shape index (κ1) is 19.9. The van der Waals surface area contributed by atoms with Crippen molar-refractivity contribution in [1.29, 1.82) is 0 Å². The lowest BCUT2D eigenvalue weighted by Crippen LogP contribution is -2.30. The van der Waals surface area contributed by atoms with Gasteiger partial charge in [0.1, 0.15) is 5.75 Å². The fraction of sp³-hybridized carbons (Fsp3) is 0.150. The molecule has 0 saturated carbocycles. The maximum absolute atomic E-state index is 13.2. The van der Waals surface area contributed by atoms with E-state index in [2.05, 4.69) is 0 Å². The van der Waals surface area contributed by atoms with Gasteiger partial charge in [-0.05, 0) is 23.6 Å². The zero-order chi connectivity index (χ0) is 20.1. The summed E-state index contributed by atoms with van der Waals surface area (Å²) in [6.07, 6.45) is 0. The van der Waals surface area contributed by atoms with Crippen LogP contribution in [0.3, 0.4) is 0 Å². The van der Waals surface area contributed by atoms with Crippen LogP contribution in [0.2, 0.25) is 5.02 Å². The summed E-state index contributed by atoms with van der Waals surface area (Å²) >= 11 is 7.73. The van der Waals surface area contributed by atoms with Crippen LogP contribution in [0.1, 0.15) is 20.8 Å². The smallest absolute Gasteiger partial charge is 0.270 e. The molecule has 0 aliphatic heterocycles. The second-order valence-electron chi connectivity index (χ2n) is 5.97. The minimum atomic E-state index is -0.543. The molecule has 0 unspecified atom stereocenters. The van der Waals surface area contributed by atoms with E-state index in [1.807, 2.05) is 41.8 Å². The number of nitro benzene ring substituents is 1. The Morgan fingerprint density at radius 3 is 2.61 bits per heavy atom. The zero-order valence-electron chi connectivity index (χ0n) is 15.0. The van der Waals surface area contributed by atoms with Crippen molar-refractivity contribution in [3.05, 3.63) is 91.1 Å². The molecule has 144 valence electrons. The number of carbonyl (C=O) groups excluding carboxylic acids is 1. The number of thiophene rings is 1. The summed E-state index contributed by atoms with van der Waals surface area (Å²) in [6.45, 7) is 0.704. The van der Waals surface area contributed by atoms with E-state index < -0.39 is 4.92 Å². The number of rotatable bonds is 7. The van der Waals surface area contributed by atoms with Crippen LogP contribution in [0, 0.1) is 10.1 Å². The second-order valence-corrected chi connectivity index (χ2v) is 7.41. The molecule has 3 rings (SSSR count). The van der Waals surface area contributed by atoms with Gasteiger partial charge in [-0.2, -0.15) is 0 Å². The van der Waals surface area contributed by atoms with Gasteiger partial charge in [0.05, 0.1) is 35.7 Å². The number of amides is 1. The van der Waals surface area contributed by atoms with Crippen LogP contribution in [-0.4, -0.2) is 22.8 Å². The van der Waals surface area contributed by atoms with Gasteiger partial charge in [0, 0.05) is 22.6 Å². The van der Waals surface area contributed by atoms with Crippen LogP contribution in [-0.2, 0) is 13.1 Å². The van der Waals surface area contributed by atoms with Crippen LogP contribution in [0.5, 0.6) is 5.75 Å². The second kappa shape index (κ2) is 8.86. The monoisotopic (exact) mass is 416 g/mol. The van der Waals surface area contributed by atoms with Gasteiger partial charge in [-0.3, -0.25) is 14.9 Å². The predicted octanol–water partition coefficient (Wildman–Crippen LogP) is 5.16. The number of hydrogen-bond donors (Lipinski definition) is 0. The quantitative estimate of drug-likeness (QED) is 0.394. The number of carbonyl (C=O) groups is 1. The first-order valence-corrected chi connectivity index (χ1v) is 9.63. The highest BCUT2D eigenvalue weighted by atomic mass is 35.5. The van der Waals surface area contributed by atoms with Gasteiger partial charge in [0.2, 0.25) is 0 Å². The van der Waals surface area contributed by atoms with Crippen molar-refractivity contribution in [2.24, 2.45) is 0 Å². The Hall–Kier alpha value is -2.90. The third-order valence-corrected chi connectivity index (χ3v) is 5.34. The summed E-state index contributed by atoms with van der Waals surface area (Å²) in [5, 5.41) is 12.9. The van der Waals surface area contributed by atoms with Gasteiger partial charge < -0.3 is 9.64 Å². The minimum Gasteiger partial charge on any atom is -0.496 e. The van der Waals surface area contributed by atoms with Crippen LogP contribution >= 0.6 is 22.9 Å². The van der Waals surface area contributed by atoms with Crippen LogP contribution in [0.4, 0.5) is 5.69 Å². The predicted molar refractivity (Wildman–Crippen MR) is 109 cm³/mol. The van der Waals surface area contributed by atoms with E-state index in [1.54, 1.807) is 23.3 Å². The van der Waals surface area contributed by atoms with Gasteiger partial charge in [0.25, 0.3) is 11.6 Å². The number of nitro groups is 1. The van der Waals surface area contributed by atoms with Crippen LogP contribution < -0.4 is 4.74 Å². The van der Waals surface area contributed by atoms with E-state index in [0.717, 1.165) is 10.4 Å². The lowest BCUT2D eigenvalue weighted by Gasteiger charge is -2.24. The molecule has 1 heterocycles. The summed E-state index contributed by atoms with van der Waals surface area (Å²) in [6, 6.07) is 15.2. The van der Waals surface area contributed by atoms with Gasteiger partial charge in [-0.1, -0.05) is 35.9 Å². The van der Waals surface area contributed by atoms with Gasteiger partial charge in [0.15, 0.2) is 0 Å². The van der Waals surface area contributed by atoms with Gasteiger partial charge in [-0.25, -0.2) is 0 Å². The summed E-state index contributed by atoms with van der Waals surface area (Å²) in [5.41, 5.74) is 0.919. The number of hydrogen-bond acceptors (Lipinski definition) is 5. The van der Waals surface area contributed by atoms with E-state index in [4.69, 9.17) is 16.3 Å². The van der Waals surface area contributed by atoms with Crippen molar-refractivity contribution in [1.82, 2.24) is 4.90 Å². The lowest BCUT2D eigenvalue weighted by molar-refractivity contribution is -0.384. The van der Waals surface area contributed by atoms with Crippen molar-refractivity contribution in [2.45, 2.75) is 13.1 Å². The average Bonchev–Trinajstić information content (AvgIpc) is 3.20. The maximum Gasteiger partial charge on any atom is 0.270 e. The highest BCUT2D eigenvalue weighted by Gasteiger charge is 2.22. The number of para-hydroxylation sites is 1. The third kappa shape index (κ3) is 4.49. The molecule has 0 N–H and O–H groups in total. The Balaban J connectivity index is 1.94. The van der Waals surface area contributed by atoms with Gasteiger partial charge in [-0.15, -0.1) is 11.3 Å². The van der Waals surface area contributed by atoms with E-state index in [-0.39, 0.29) is 22.2 Å². The number of methoxy groups -OCH3 is 1. The molecule has 28 heavy (non-hydrogen) atoms. The molecule has 3 aromatic rings. The molecule has 1 aromatic heterocycles. The fourth-order valence-corrected chi connectivity index (χ4v) is 3.77. The molecular formula is C20H17ClN2O4S. The van der Waals surface area contributed by atoms with E-state index in [0.29, 0.717) is 18.8 Å². The molecule has 0 radical (unpaired) electrons. The molecule has 0 bridgehead atoms. The molecule has 8 heteroatoms. The summed E-state index contributed by atoms with van der Waals surface area (Å²) in [7, 11) is 1.58. The topological polar surface area (TPSA) is 72.7 Å². The molecule has 0 aliphatic carbocycles. The minimum absolute atomic E-state index is 0.0513.